The predicted octanol–water partition coefficient (Wildman–Crippen LogP) is 2.81. The summed E-state index contributed by atoms with van der Waals surface area (Å²) in [6.45, 7) is -0.0118. The molecule has 14 heavy (non-hydrogen) atoms. The Balaban J connectivity index is 2.62. The van der Waals surface area contributed by atoms with E-state index in [1.54, 1.807) is 0 Å². The zero-order chi connectivity index (χ0) is 10.6. The number of aliphatic carboxylic acids is 1. The molecule has 0 atom stereocenters. The number of carbonyl (C=O) groups is 1. The van der Waals surface area contributed by atoms with Crippen molar-refractivity contribution < 1.29 is 14.6 Å². The molecule has 76 valence electrons. The van der Waals surface area contributed by atoms with E-state index in [1.807, 2.05) is 18.2 Å². The van der Waals surface area contributed by atoms with Gasteiger partial charge >= 0.3 is 5.97 Å². The maximum Gasteiger partial charge on any atom is 0.329 e. The lowest BCUT2D eigenvalue weighted by Gasteiger charge is -2.06. The molecular formula is C9H8Br2O3. The summed E-state index contributed by atoms with van der Waals surface area (Å²) in [4.78, 5) is 10.2. The largest absolute Gasteiger partial charge is 0.480 e. The Morgan fingerprint density at radius 2 is 1.93 bits per heavy atom. The number of hydrogen-bond donors (Lipinski definition) is 1. The number of hydrogen-bond acceptors (Lipinski definition) is 2. The average Bonchev–Trinajstić information content (AvgIpc) is 2.09. The maximum absolute atomic E-state index is 10.2. The van der Waals surface area contributed by atoms with Crippen LogP contribution >= 0.6 is 31.9 Å². The minimum Gasteiger partial charge on any atom is -0.480 e. The molecule has 0 bridgehead atoms. The van der Waals surface area contributed by atoms with Crippen LogP contribution in [0.3, 0.4) is 0 Å². The highest BCUT2D eigenvalue weighted by Gasteiger charge is 2.05. The molecular weight excluding hydrogens is 316 g/mol. The zero-order valence-corrected chi connectivity index (χ0v) is 10.3. The molecule has 1 aromatic carbocycles. The third-order valence-corrected chi connectivity index (χ3v) is 3.02. The van der Waals surface area contributed by atoms with E-state index in [2.05, 4.69) is 31.9 Å². The first-order valence-electron chi connectivity index (χ1n) is 3.83. The van der Waals surface area contributed by atoms with Crippen molar-refractivity contribution in [2.45, 2.75) is 6.61 Å². The fourth-order valence-corrected chi connectivity index (χ4v) is 2.14. The molecule has 0 saturated heterocycles. The van der Waals surface area contributed by atoms with Crippen molar-refractivity contribution in [3.05, 3.63) is 32.7 Å². The van der Waals surface area contributed by atoms with Crippen LogP contribution in [0.15, 0.2) is 27.1 Å². The Morgan fingerprint density at radius 3 is 2.43 bits per heavy atom. The van der Waals surface area contributed by atoms with E-state index in [1.165, 1.54) is 0 Å². The van der Waals surface area contributed by atoms with Gasteiger partial charge < -0.3 is 9.84 Å². The van der Waals surface area contributed by atoms with E-state index in [-0.39, 0.29) is 13.2 Å². The van der Waals surface area contributed by atoms with Crippen molar-refractivity contribution in [1.82, 2.24) is 0 Å². The van der Waals surface area contributed by atoms with Gasteiger partial charge in [-0.25, -0.2) is 4.79 Å². The molecule has 1 rings (SSSR count). The van der Waals surface area contributed by atoms with Crippen LogP contribution in [0.25, 0.3) is 0 Å². The van der Waals surface area contributed by atoms with Gasteiger partial charge in [0, 0.05) is 14.5 Å². The van der Waals surface area contributed by atoms with Crippen LogP contribution in [0.2, 0.25) is 0 Å². The number of ether oxygens (including phenoxy) is 1. The summed E-state index contributed by atoms with van der Waals surface area (Å²) in [6, 6.07) is 5.64. The van der Waals surface area contributed by atoms with Crippen molar-refractivity contribution in [3.8, 4) is 0 Å². The second kappa shape index (κ2) is 5.48. The number of carboxylic acid groups (broad SMARTS) is 1. The van der Waals surface area contributed by atoms with E-state index < -0.39 is 5.97 Å². The van der Waals surface area contributed by atoms with Crippen LogP contribution in [0.1, 0.15) is 5.56 Å². The summed E-state index contributed by atoms with van der Waals surface area (Å²) in [5.41, 5.74) is 0.911. The summed E-state index contributed by atoms with van der Waals surface area (Å²) in [5.74, 6) is -0.965. The molecule has 0 aliphatic heterocycles. The molecule has 0 aliphatic carbocycles. The van der Waals surface area contributed by atoms with Gasteiger partial charge in [0.15, 0.2) is 0 Å². The van der Waals surface area contributed by atoms with Gasteiger partial charge in [-0.1, -0.05) is 37.9 Å². The lowest BCUT2D eigenvalue weighted by Crippen LogP contribution is -2.07. The van der Waals surface area contributed by atoms with Crippen molar-refractivity contribution in [1.29, 1.82) is 0 Å². The molecule has 1 aromatic rings. The highest BCUT2D eigenvalue weighted by molar-refractivity contribution is 9.11. The van der Waals surface area contributed by atoms with Crippen molar-refractivity contribution in [3.63, 3.8) is 0 Å². The Hall–Kier alpha value is -0.390. The molecule has 5 heteroatoms. The van der Waals surface area contributed by atoms with Crippen LogP contribution in [-0.2, 0) is 16.1 Å². The van der Waals surface area contributed by atoms with E-state index >= 15 is 0 Å². The summed E-state index contributed by atoms with van der Waals surface area (Å²) < 4.78 is 6.78. The SMILES string of the molecule is O=C(O)COCc1c(Br)cccc1Br. The normalized spacial score (nSPS) is 10.1. The molecule has 0 unspecified atom stereocenters. The molecule has 0 spiro atoms. The molecule has 0 aromatic heterocycles. The Bertz CT molecular complexity index is 319. The summed E-state index contributed by atoms with van der Waals surface area (Å²) >= 11 is 6.71. The molecule has 0 saturated carbocycles. The van der Waals surface area contributed by atoms with E-state index in [0.29, 0.717) is 0 Å². The molecule has 0 radical (unpaired) electrons. The van der Waals surface area contributed by atoms with Gasteiger partial charge in [0.2, 0.25) is 0 Å². The van der Waals surface area contributed by atoms with Crippen LogP contribution in [-0.4, -0.2) is 17.7 Å². The molecule has 0 heterocycles. The monoisotopic (exact) mass is 322 g/mol. The predicted molar refractivity (Wildman–Crippen MR) is 59.1 cm³/mol. The molecule has 0 amide bonds. The fraction of sp³-hybridized carbons (Fsp3) is 0.222. The van der Waals surface area contributed by atoms with E-state index in [9.17, 15) is 4.79 Å². The van der Waals surface area contributed by atoms with Crippen LogP contribution < -0.4 is 0 Å². The van der Waals surface area contributed by atoms with Crippen molar-refractivity contribution >= 4 is 37.8 Å². The quantitative estimate of drug-likeness (QED) is 0.926. The Kier molecular flexibility index (Phi) is 4.57. The molecule has 3 nitrogen and oxygen atoms in total. The zero-order valence-electron chi connectivity index (χ0n) is 7.17. The maximum atomic E-state index is 10.2. The van der Waals surface area contributed by atoms with E-state index in [0.717, 1.165) is 14.5 Å². The lowest BCUT2D eigenvalue weighted by molar-refractivity contribution is -0.142. The first-order valence-corrected chi connectivity index (χ1v) is 5.42. The highest BCUT2D eigenvalue weighted by Crippen LogP contribution is 2.25. The third kappa shape index (κ3) is 3.40. The first kappa shape index (κ1) is 11.7. The standard InChI is InChI=1S/C9H8Br2O3/c10-7-2-1-3-8(11)6(7)4-14-5-9(12)13/h1-3H,4-5H2,(H,12,13). The summed E-state index contributed by atoms with van der Waals surface area (Å²) in [6.07, 6.45) is 0. The van der Waals surface area contributed by atoms with Gasteiger partial charge in [-0.15, -0.1) is 0 Å². The van der Waals surface area contributed by atoms with Gasteiger partial charge in [0.25, 0.3) is 0 Å². The van der Waals surface area contributed by atoms with Gasteiger partial charge in [-0.3, -0.25) is 0 Å². The van der Waals surface area contributed by atoms with Gasteiger partial charge in [0.1, 0.15) is 6.61 Å². The first-order chi connectivity index (χ1) is 6.61. The van der Waals surface area contributed by atoms with Crippen LogP contribution in [0.4, 0.5) is 0 Å². The molecule has 0 aliphatic rings. The topological polar surface area (TPSA) is 46.5 Å². The van der Waals surface area contributed by atoms with Gasteiger partial charge in [-0.05, 0) is 12.1 Å². The Labute approximate surface area is 98.3 Å². The fourth-order valence-electron chi connectivity index (χ4n) is 0.911. The highest BCUT2D eigenvalue weighted by atomic mass is 79.9. The summed E-state index contributed by atoms with van der Waals surface area (Å²) in [5, 5.41) is 8.38. The number of benzene rings is 1. The van der Waals surface area contributed by atoms with Crippen molar-refractivity contribution in [2.75, 3.05) is 6.61 Å². The lowest BCUT2D eigenvalue weighted by atomic mass is 10.2. The smallest absolute Gasteiger partial charge is 0.329 e. The second-order valence-corrected chi connectivity index (χ2v) is 4.30. The van der Waals surface area contributed by atoms with Crippen LogP contribution in [0, 0.1) is 0 Å². The number of rotatable bonds is 4. The van der Waals surface area contributed by atoms with Gasteiger partial charge in [-0.2, -0.15) is 0 Å². The minimum atomic E-state index is -0.965. The van der Waals surface area contributed by atoms with Gasteiger partial charge in [0.05, 0.1) is 6.61 Å². The molecule has 1 N–H and O–H groups in total. The number of carboxylic acids is 1. The van der Waals surface area contributed by atoms with Crippen molar-refractivity contribution in [2.24, 2.45) is 0 Å². The third-order valence-electron chi connectivity index (χ3n) is 1.53. The summed E-state index contributed by atoms with van der Waals surface area (Å²) in [7, 11) is 0. The van der Waals surface area contributed by atoms with Crippen LogP contribution in [0.5, 0.6) is 0 Å². The minimum absolute atomic E-state index is 0.272. The second-order valence-electron chi connectivity index (χ2n) is 2.59. The Morgan fingerprint density at radius 1 is 1.36 bits per heavy atom. The number of halogens is 2. The van der Waals surface area contributed by atoms with E-state index in [4.69, 9.17) is 9.84 Å². The average molecular weight is 324 g/mol. The molecule has 0 fully saturated rings.